The standard InChI is InChI=1S/C10H9N3O2S/c1-16-8-4-2-7(3-5-8)13-10(15)12-9(14)6-11-13/h2-6H,1H3,(H,12,14,15). The minimum atomic E-state index is -0.538. The summed E-state index contributed by atoms with van der Waals surface area (Å²) in [7, 11) is 0. The Balaban J connectivity index is 2.50. The van der Waals surface area contributed by atoms with Crippen molar-refractivity contribution in [1.29, 1.82) is 0 Å². The second kappa shape index (κ2) is 4.36. The zero-order chi connectivity index (χ0) is 11.5. The smallest absolute Gasteiger partial charge is 0.271 e. The summed E-state index contributed by atoms with van der Waals surface area (Å²) in [6.07, 6.45) is 3.04. The normalized spacial score (nSPS) is 10.3. The molecule has 5 nitrogen and oxygen atoms in total. The summed E-state index contributed by atoms with van der Waals surface area (Å²) >= 11 is 1.61. The number of thioether (sulfide) groups is 1. The predicted octanol–water partition coefficient (Wildman–Crippen LogP) is 0.643. The highest BCUT2D eigenvalue weighted by Crippen LogP contribution is 2.15. The number of benzene rings is 1. The van der Waals surface area contributed by atoms with E-state index in [1.165, 1.54) is 0 Å². The van der Waals surface area contributed by atoms with E-state index in [1.54, 1.807) is 23.9 Å². The summed E-state index contributed by atoms with van der Waals surface area (Å²) in [4.78, 5) is 25.5. The summed E-state index contributed by atoms with van der Waals surface area (Å²) < 4.78 is 1.14. The first kappa shape index (κ1) is 10.7. The van der Waals surface area contributed by atoms with Gasteiger partial charge in [0.05, 0.1) is 5.69 Å². The molecule has 0 atom stereocenters. The van der Waals surface area contributed by atoms with Crippen LogP contribution in [0.25, 0.3) is 5.69 Å². The molecular weight excluding hydrogens is 226 g/mol. The Bertz CT molecular complexity index is 600. The predicted molar refractivity (Wildman–Crippen MR) is 62.2 cm³/mol. The van der Waals surface area contributed by atoms with Crippen molar-refractivity contribution < 1.29 is 0 Å². The molecule has 82 valence electrons. The highest BCUT2D eigenvalue weighted by molar-refractivity contribution is 7.98. The second-order valence-corrected chi connectivity index (χ2v) is 3.93. The van der Waals surface area contributed by atoms with Gasteiger partial charge in [-0.1, -0.05) is 0 Å². The van der Waals surface area contributed by atoms with Crippen LogP contribution in [0.2, 0.25) is 0 Å². The van der Waals surface area contributed by atoms with Gasteiger partial charge in [-0.05, 0) is 30.5 Å². The molecule has 0 aliphatic carbocycles. The largest absolute Gasteiger partial charge is 0.349 e. The van der Waals surface area contributed by atoms with Crippen molar-refractivity contribution in [2.45, 2.75) is 4.90 Å². The number of rotatable bonds is 2. The van der Waals surface area contributed by atoms with Crippen LogP contribution in [0, 0.1) is 0 Å². The Hall–Kier alpha value is -1.82. The maximum Gasteiger partial charge on any atom is 0.349 e. The molecule has 16 heavy (non-hydrogen) atoms. The second-order valence-electron chi connectivity index (χ2n) is 3.05. The minimum Gasteiger partial charge on any atom is -0.271 e. The van der Waals surface area contributed by atoms with Crippen LogP contribution >= 0.6 is 11.8 Å². The molecule has 0 spiro atoms. The third-order valence-electron chi connectivity index (χ3n) is 2.03. The lowest BCUT2D eigenvalue weighted by atomic mass is 10.3. The van der Waals surface area contributed by atoms with Crippen molar-refractivity contribution in [2.75, 3.05) is 6.26 Å². The van der Waals surface area contributed by atoms with Gasteiger partial charge in [-0.3, -0.25) is 9.78 Å². The third kappa shape index (κ3) is 2.06. The quantitative estimate of drug-likeness (QED) is 0.776. The van der Waals surface area contributed by atoms with Crippen LogP contribution in [0.3, 0.4) is 0 Å². The molecule has 0 bridgehead atoms. The van der Waals surface area contributed by atoms with Gasteiger partial charge in [0.2, 0.25) is 0 Å². The number of H-pyrrole nitrogens is 1. The van der Waals surface area contributed by atoms with E-state index in [0.29, 0.717) is 5.69 Å². The van der Waals surface area contributed by atoms with E-state index < -0.39 is 11.2 Å². The van der Waals surface area contributed by atoms with Gasteiger partial charge in [0.15, 0.2) is 0 Å². The van der Waals surface area contributed by atoms with Crippen molar-refractivity contribution in [1.82, 2.24) is 14.8 Å². The third-order valence-corrected chi connectivity index (χ3v) is 2.77. The maximum atomic E-state index is 11.4. The first-order valence-corrected chi connectivity index (χ1v) is 5.76. The molecule has 0 saturated heterocycles. The van der Waals surface area contributed by atoms with Gasteiger partial charge in [-0.15, -0.1) is 11.8 Å². The monoisotopic (exact) mass is 235 g/mol. The van der Waals surface area contributed by atoms with Gasteiger partial charge >= 0.3 is 5.69 Å². The zero-order valence-corrected chi connectivity index (χ0v) is 9.32. The molecule has 0 amide bonds. The van der Waals surface area contributed by atoms with E-state index in [-0.39, 0.29) is 0 Å². The molecule has 0 unspecified atom stereocenters. The highest BCUT2D eigenvalue weighted by atomic mass is 32.2. The lowest BCUT2D eigenvalue weighted by Crippen LogP contribution is -2.30. The summed E-state index contributed by atoms with van der Waals surface area (Å²) in [5, 5.41) is 3.76. The molecule has 6 heteroatoms. The molecule has 0 saturated carbocycles. The molecule has 0 aliphatic heterocycles. The fourth-order valence-electron chi connectivity index (χ4n) is 1.26. The number of nitrogens with zero attached hydrogens (tertiary/aromatic N) is 2. The number of aromatic amines is 1. The van der Waals surface area contributed by atoms with Crippen molar-refractivity contribution in [3.63, 3.8) is 0 Å². The van der Waals surface area contributed by atoms with E-state index in [2.05, 4.69) is 10.1 Å². The van der Waals surface area contributed by atoms with Crippen molar-refractivity contribution >= 4 is 11.8 Å². The number of nitrogens with one attached hydrogen (secondary N) is 1. The summed E-state index contributed by atoms with van der Waals surface area (Å²) in [5.41, 5.74) is -0.412. The van der Waals surface area contributed by atoms with Crippen LogP contribution in [0.1, 0.15) is 0 Å². The fraction of sp³-hybridized carbons (Fsp3) is 0.100. The SMILES string of the molecule is CSc1ccc(-n2ncc(=O)[nH]c2=O)cc1. The summed E-state index contributed by atoms with van der Waals surface area (Å²) in [6.45, 7) is 0. The number of hydrogen-bond acceptors (Lipinski definition) is 4. The van der Waals surface area contributed by atoms with E-state index in [4.69, 9.17) is 0 Å². The molecule has 1 heterocycles. The first-order valence-electron chi connectivity index (χ1n) is 4.54. The molecule has 1 N–H and O–H groups in total. The Morgan fingerprint density at radius 3 is 2.50 bits per heavy atom. The molecule has 0 fully saturated rings. The number of hydrogen-bond donors (Lipinski definition) is 1. The van der Waals surface area contributed by atoms with E-state index in [0.717, 1.165) is 15.8 Å². The van der Waals surface area contributed by atoms with Crippen LogP contribution in [0.15, 0.2) is 44.9 Å². The van der Waals surface area contributed by atoms with Crippen molar-refractivity contribution in [3.05, 3.63) is 51.3 Å². The van der Waals surface area contributed by atoms with Gasteiger partial charge in [-0.25, -0.2) is 4.79 Å². The van der Waals surface area contributed by atoms with Gasteiger partial charge in [0, 0.05) is 4.90 Å². The molecule has 1 aromatic carbocycles. The van der Waals surface area contributed by atoms with Gasteiger partial charge in [-0.2, -0.15) is 9.78 Å². The van der Waals surface area contributed by atoms with Gasteiger partial charge in [0.1, 0.15) is 6.20 Å². The van der Waals surface area contributed by atoms with Gasteiger partial charge in [0.25, 0.3) is 5.56 Å². The Kier molecular flexibility index (Phi) is 2.91. The van der Waals surface area contributed by atoms with Crippen LogP contribution in [0.4, 0.5) is 0 Å². The van der Waals surface area contributed by atoms with Crippen LogP contribution < -0.4 is 11.2 Å². The molecule has 2 aromatic rings. The first-order chi connectivity index (χ1) is 7.70. The molecule has 0 radical (unpaired) electrons. The Labute approximate surface area is 95.1 Å². The zero-order valence-electron chi connectivity index (χ0n) is 8.51. The topological polar surface area (TPSA) is 67.8 Å². The van der Waals surface area contributed by atoms with Crippen LogP contribution in [-0.4, -0.2) is 21.0 Å². The van der Waals surface area contributed by atoms with E-state index in [1.807, 2.05) is 18.4 Å². The highest BCUT2D eigenvalue weighted by Gasteiger charge is 2.01. The molecular formula is C10H9N3O2S. The molecule has 1 aromatic heterocycles. The average Bonchev–Trinajstić information content (AvgIpc) is 2.29. The lowest BCUT2D eigenvalue weighted by Gasteiger charge is -2.03. The summed E-state index contributed by atoms with van der Waals surface area (Å²) in [5.74, 6) is 0. The van der Waals surface area contributed by atoms with Crippen LogP contribution in [0.5, 0.6) is 0 Å². The van der Waals surface area contributed by atoms with E-state index in [9.17, 15) is 9.59 Å². The maximum absolute atomic E-state index is 11.4. The minimum absolute atomic E-state index is 0.498. The summed E-state index contributed by atoms with van der Waals surface area (Å²) in [6, 6.07) is 7.33. The fourth-order valence-corrected chi connectivity index (χ4v) is 1.67. The van der Waals surface area contributed by atoms with Crippen LogP contribution in [-0.2, 0) is 0 Å². The molecule has 0 aliphatic rings. The lowest BCUT2D eigenvalue weighted by molar-refractivity contribution is 0.749. The Morgan fingerprint density at radius 1 is 1.25 bits per heavy atom. The van der Waals surface area contributed by atoms with Crippen molar-refractivity contribution in [3.8, 4) is 5.69 Å². The van der Waals surface area contributed by atoms with Gasteiger partial charge < -0.3 is 0 Å². The van der Waals surface area contributed by atoms with E-state index >= 15 is 0 Å². The average molecular weight is 235 g/mol. The van der Waals surface area contributed by atoms with Crippen molar-refractivity contribution in [2.24, 2.45) is 0 Å². The number of aromatic nitrogens is 3. The molecule has 2 rings (SSSR count). The Morgan fingerprint density at radius 2 is 1.94 bits per heavy atom.